The van der Waals surface area contributed by atoms with E-state index in [9.17, 15) is 8.42 Å². The van der Waals surface area contributed by atoms with Crippen molar-refractivity contribution in [1.29, 1.82) is 0 Å². The van der Waals surface area contributed by atoms with Gasteiger partial charge in [-0.05, 0) is 56.7 Å². The van der Waals surface area contributed by atoms with Crippen LogP contribution in [0.1, 0.15) is 25.1 Å². The van der Waals surface area contributed by atoms with E-state index in [2.05, 4.69) is 9.71 Å². The first-order chi connectivity index (χ1) is 10.3. The average Bonchev–Trinajstić information content (AvgIpc) is 2.46. The van der Waals surface area contributed by atoms with Crippen LogP contribution in [0.25, 0.3) is 0 Å². The molecular formula is C16H20N2O3S. The average molecular weight is 320 g/mol. The van der Waals surface area contributed by atoms with Crippen LogP contribution < -0.4 is 9.46 Å². The minimum atomic E-state index is -3.67. The van der Waals surface area contributed by atoms with Crippen molar-refractivity contribution in [2.75, 3.05) is 7.11 Å². The minimum Gasteiger partial charge on any atom is -0.497 e. The lowest BCUT2D eigenvalue weighted by atomic mass is 10.0. The monoisotopic (exact) mass is 320 g/mol. The second kappa shape index (κ2) is 6.06. The van der Waals surface area contributed by atoms with Gasteiger partial charge < -0.3 is 4.74 Å². The first kappa shape index (κ1) is 16.5. The Kier molecular flexibility index (Phi) is 4.53. The van der Waals surface area contributed by atoms with Gasteiger partial charge in [0.05, 0.1) is 23.2 Å². The molecule has 0 radical (unpaired) electrons. The van der Waals surface area contributed by atoms with Crippen molar-refractivity contribution in [1.82, 2.24) is 9.71 Å². The predicted octanol–water partition coefficient (Wildman–Crippen LogP) is 2.61. The summed E-state index contributed by atoms with van der Waals surface area (Å²) in [5.74, 6) is 0.625. The molecule has 0 fully saturated rings. The number of nitrogens with one attached hydrogen (secondary N) is 1. The molecule has 118 valence electrons. The van der Waals surface area contributed by atoms with E-state index in [0.717, 1.165) is 0 Å². The zero-order valence-electron chi connectivity index (χ0n) is 13.1. The molecule has 0 aliphatic carbocycles. The Balaban J connectivity index is 2.36. The number of pyridine rings is 1. The number of benzene rings is 1. The van der Waals surface area contributed by atoms with Gasteiger partial charge in [0, 0.05) is 6.20 Å². The van der Waals surface area contributed by atoms with Crippen molar-refractivity contribution in [3.05, 3.63) is 53.9 Å². The molecule has 22 heavy (non-hydrogen) atoms. The van der Waals surface area contributed by atoms with Gasteiger partial charge in [-0.15, -0.1) is 0 Å². The molecule has 1 aromatic heterocycles. The lowest BCUT2D eigenvalue weighted by molar-refractivity contribution is 0.414. The van der Waals surface area contributed by atoms with Gasteiger partial charge in [0.1, 0.15) is 5.75 Å². The highest BCUT2D eigenvalue weighted by molar-refractivity contribution is 7.89. The van der Waals surface area contributed by atoms with E-state index >= 15 is 0 Å². The molecule has 0 saturated heterocycles. The number of aryl methyl sites for hydroxylation is 1. The SMILES string of the molecule is COc1ccc(S(=O)(=O)NC(C)(C)c2ccccn2)c(C)c1. The number of hydrogen-bond donors (Lipinski definition) is 1. The molecule has 1 aromatic carbocycles. The van der Waals surface area contributed by atoms with Gasteiger partial charge in [0.25, 0.3) is 0 Å². The molecule has 2 aromatic rings. The van der Waals surface area contributed by atoms with Gasteiger partial charge in [0.15, 0.2) is 0 Å². The van der Waals surface area contributed by atoms with Crippen LogP contribution in [0.5, 0.6) is 5.75 Å². The topological polar surface area (TPSA) is 68.3 Å². The third kappa shape index (κ3) is 3.45. The van der Waals surface area contributed by atoms with Crippen LogP contribution in [0.15, 0.2) is 47.5 Å². The van der Waals surface area contributed by atoms with E-state index in [1.807, 2.05) is 6.07 Å². The van der Waals surface area contributed by atoms with Crippen LogP contribution in [0.2, 0.25) is 0 Å². The lowest BCUT2D eigenvalue weighted by Crippen LogP contribution is -2.41. The van der Waals surface area contributed by atoms with Gasteiger partial charge >= 0.3 is 0 Å². The van der Waals surface area contributed by atoms with Crippen LogP contribution in [0.4, 0.5) is 0 Å². The number of rotatable bonds is 5. The smallest absolute Gasteiger partial charge is 0.241 e. The Hall–Kier alpha value is -1.92. The quantitative estimate of drug-likeness (QED) is 0.919. The molecule has 1 N–H and O–H groups in total. The summed E-state index contributed by atoms with van der Waals surface area (Å²) in [6, 6.07) is 10.3. The fraction of sp³-hybridized carbons (Fsp3) is 0.312. The second-order valence-corrected chi connectivity index (χ2v) is 7.23. The van der Waals surface area contributed by atoms with Crippen LogP contribution in [-0.4, -0.2) is 20.5 Å². The van der Waals surface area contributed by atoms with E-state index in [1.54, 1.807) is 64.4 Å². The van der Waals surface area contributed by atoms with E-state index < -0.39 is 15.6 Å². The number of hydrogen-bond acceptors (Lipinski definition) is 4. The summed E-state index contributed by atoms with van der Waals surface area (Å²) in [5, 5.41) is 0. The highest BCUT2D eigenvalue weighted by Crippen LogP contribution is 2.25. The first-order valence-corrected chi connectivity index (χ1v) is 8.35. The van der Waals surface area contributed by atoms with Crippen molar-refractivity contribution in [3.8, 4) is 5.75 Å². The summed E-state index contributed by atoms with van der Waals surface area (Å²) in [6.07, 6.45) is 1.64. The Labute approximate surface area is 131 Å². The van der Waals surface area contributed by atoms with Gasteiger partial charge in [-0.2, -0.15) is 4.72 Å². The highest BCUT2D eigenvalue weighted by Gasteiger charge is 2.29. The van der Waals surface area contributed by atoms with Crippen molar-refractivity contribution < 1.29 is 13.2 Å². The minimum absolute atomic E-state index is 0.234. The summed E-state index contributed by atoms with van der Waals surface area (Å²) in [4.78, 5) is 4.46. The summed E-state index contributed by atoms with van der Waals surface area (Å²) in [7, 11) is -2.12. The molecule has 6 heteroatoms. The van der Waals surface area contributed by atoms with Gasteiger partial charge in [-0.1, -0.05) is 6.07 Å². The summed E-state index contributed by atoms with van der Waals surface area (Å²) in [5.41, 5.74) is 0.473. The predicted molar refractivity (Wildman–Crippen MR) is 85.3 cm³/mol. The molecule has 0 aliphatic rings. The number of nitrogens with zero attached hydrogens (tertiary/aromatic N) is 1. The maximum absolute atomic E-state index is 12.7. The Morgan fingerprint density at radius 3 is 2.45 bits per heavy atom. The number of methoxy groups -OCH3 is 1. The molecule has 0 aliphatic heterocycles. The number of sulfonamides is 1. The van der Waals surface area contributed by atoms with Crippen molar-refractivity contribution in [3.63, 3.8) is 0 Å². The van der Waals surface area contributed by atoms with Crippen LogP contribution >= 0.6 is 0 Å². The fourth-order valence-electron chi connectivity index (χ4n) is 2.23. The third-order valence-corrected chi connectivity index (χ3v) is 5.18. The van der Waals surface area contributed by atoms with E-state index in [4.69, 9.17) is 4.74 Å². The van der Waals surface area contributed by atoms with Crippen LogP contribution in [-0.2, 0) is 15.6 Å². The first-order valence-electron chi connectivity index (χ1n) is 6.86. The highest BCUT2D eigenvalue weighted by atomic mass is 32.2. The van der Waals surface area contributed by atoms with Gasteiger partial charge in [-0.25, -0.2) is 8.42 Å². The molecule has 0 bridgehead atoms. The maximum atomic E-state index is 12.7. The zero-order valence-corrected chi connectivity index (χ0v) is 13.9. The molecule has 1 heterocycles. The Morgan fingerprint density at radius 1 is 1.18 bits per heavy atom. The molecule has 2 rings (SSSR count). The standard InChI is InChI=1S/C16H20N2O3S/c1-12-11-13(21-4)8-9-14(12)22(19,20)18-16(2,3)15-7-5-6-10-17-15/h5-11,18H,1-4H3. The van der Waals surface area contributed by atoms with Crippen LogP contribution in [0.3, 0.4) is 0 Å². The third-order valence-electron chi connectivity index (χ3n) is 3.37. The number of ether oxygens (including phenoxy) is 1. The second-order valence-electron chi connectivity index (χ2n) is 5.58. The molecule has 0 saturated carbocycles. The largest absolute Gasteiger partial charge is 0.497 e. The lowest BCUT2D eigenvalue weighted by Gasteiger charge is -2.25. The molecule has 5 nitrogen and oxygen atoms in total. The molecule has 0 amide bonds. The van der Waals surface area contributed by atoms with Crippen molar-refractivity contribution in [2.45, 2.75) is 31.2 Å². The van der Waals surface area contributed by atoms with Crippen LogP contribution in [0, 0.1) is 6.92 Å². The summed E-state index contributed by atoms with van der Waals surface area (Å²) in [6.45, 7) is 5.31. The fourth-order valence-corrected chi connectivity index (χ4v) is 3.84. The van der Waals surface area contributed by atoms with E-state index in [-0.39, 0.29) is 4.90 Å². The Bertz CT molecular complexity index is 756. The summed E-state index contributed by atoms with van der Waals surface area (Å²) < 4.78 is 33.1. The molecule has 0 unspecified atom stereocenters. The number of aromatic nitrogens is 1. The van der Waals surface area contributed by atoms with E-state index in [1.165, 1.54) is 0 Å². The Morgan fingerprint density at radius 2 is 1.91 bits per heavy atom. The molecular weight excluding hydrogens is 300 g/mol. The van der Waals surface area contributed by atoms with Gasteiger partial charge in [0.2, 0.25) is 10.0 Å². The molecule has 0 spiro atoms. The normalized spacial score (nSPS) is 12.2. The molecule has 0 atom stereocenters. The van der Waals surface area contributed by atoms with Gasteiger partial charge in [-0.3, -0.25) is 4.98 Å². The van der Waals surface area contributed by atoms with Crippen molar-refractivity contribution in [2.24, 2.45) is 0 Å². The summed E-state index contributed by atoms with van der Waals surface area (Å²) >= 11 is 0. The maximum Gasteiger partial charge on any atom is 0.241 e. The van der Waals surface area contributed by atoms with Crippen molar-refractivity contribution >= 4 is 10.0 Å². The van der Waals surface area contributed by atoms with E-state index in [0.29, 0.717) is 17.0 Å². The zero-order chi connectivity index (χ0) is 16.4.